The van der Waals surface area contributed by atoms with Crippen LogP contribution in [0.15, 0.2) is 18.2 Å². The molecule has 0 unspecified atom stereocenters. The van der Waals surface area contributed by atoms with Crippen molar-refractivity contribution >= 4 is 11.4 Å². The molecule has 3 atom stereocenters. The van der Waals surface area contributed by atoms with E-state index in [2.05, 4.69) is 17.1 Å². The van der Waals surface area contributed by atoms with Crippen LogP contribution < -0.4 is 10.1 Å². The summed E-state index contributed by atoms with van der Waals surface area (Å²) in [6.45, 7) is 6.28. The highest BCUT2D eigenvalue weighted by atomic mass is 16.6. The Morgan fingerprint density at radius 1 is 1.44 bits per heavy atom. The normalized spacial score (nSPS) is 27.2. The van der Waals surface area contributed by atoms with E-state index >= 15 is 0 Å². The Hall–Kier alpha value is -1.86. The SMILES string of the molecule is COc1cc(N[C@@H]2CCN(C[C@@H]3CCCO3)C[C@H]2C)ccc1[N+](=O)[O-]. The van der Waals surface area contributed by atoms with Crippen LogP contribution in [0.1, 0.15) is 26.2 Å². The van der Waals surface area contributed by atoms with E-state index in [0.29, 0.717) is 23.8 Å². The maximum Gasteiger partial charge on any atom is 0.311 e. The lowest BCUT2D eigenvalue weighted by Crippen LogP contribution is -2.47. The van der Waals surface area contributed by atoms with Gasteiger partial charge in [0, 0.05) is 50.1 Å². The van der Waals surface area contributed by atoms with Crippen molar-refractivity contribution in [1.82, 2.24) is 4.90 Å². The van der Waals surface area contributed by atoms with Crippen molar-refractivity contribution in [2.75, 3.05) is 38.7 Å². The number of hydrogen-bond donors (Lipinski definition) is 1. The summed E-state index contributed by atoms with van der Waals surface area (Å²) in [6.07, 6.45) is 3.80. The van der Waals surface area contributed by atoms with Gasteiger partial charge in [-0.25, -0.2) is 0 Å². The van der Waals surface area contributed by atoms with Crippen molar-refractivity contribution in [3.8, 4) is 5.75 Å². The van der Waals surface area contributed by atoms with Crippen LogP contribution in [0.25, 0.3) is 0 Å². The van der Waals surface area contributed by atoms with Gasteiger partial charge in [-0.2, -0.15) is 0 Å². The van der Waals surface area contributed by atoms with E-state index in [1.807, 2.05) is 0 Å². The molecule has 7 heteroatoms. The molecule has 138 valence electrons. The molecule has 0 amide bonds. The highest BCUT2D eigenvalue weighted by Crippen LogP contribution is 2.31. The molecule has 1 aromatic carbocycles. The number of hydrogen-bond acceptors (Lipinski definition) is 6. The number of piperidine rings is 1. The Labute approximate surface area is 148 Å². The molecule has 3 rings (SSSR count). The average molecular weight is 349 g/mol. The molecule has 2 aliphatic rings. The third kappa shape index (κ3) is 4.41. The summed E-state index contributed by atoms with van der Waals surface area (Å²) in [6, 6.07) is 5.32. The van der Waals surface area contributed by atoms with Crippen LogP contribution in [0, 0.1) is 16.0 Å². The smallest absolute Gasteiger partial charge is 0.311 e. The first kappa shape index (κ1) is 17.9. The second-order valence-electron chi connectivity index (χ2n) is 7.06. The second-order valence-corrected chi connectivity index (χ2v) is 7.06. The first-order chi connectivity index (χ1) is 12.1. The van der Waals surface area contributed by atoms with E-state index in [4.69, 9.17) is 9.47 Å². The lowest BCUT2D eigenvalue weighted by molar-refractivity contribution is -0.385. The first-order valence-electron chi connectivity index (χ1n) is 8.99. The fraction of sp³-hybridized carbons (Fsp3) is 0.667. The van der Waals surface area contributed by atoms with Crippen LogP contribution in [0.4, 0.5) is 11.4 Å². The van der Waals surface area contributed by atoms with E-state index < -0.39 is 4.92 Å². The van der Waals surface area contributed by atoms with Gasteiger partial charge in [-0.15, -0.1) is 0 Å². The minimum absolute atomic E-state index is 0.00696. The Morgan fingerprint density at radius 3 is 2.92 bits per heavy atom. The summed E-state index contributed by atoms with van der Waals surface area (Å²) >= 11 is 0. The number of anilines is 1. The van der Waals surface area contributed by atoms with Gasteiger partial charge in [0.25, 0.3) is 0 Å². The van der Waals surface area contributed by atoms with Gasteiger partial charge in [-0.1, -0.05) is 6.92 Å². The van der Waals surface area contributed by atoms with Crippen molar-refractivity contribution in [3.05, 3.63) is 28.3 Å². The van der Waals surface area contributed by atoms with E-state index in [9.17, 15) is 10.1 Å². The zero-order chi connectivity index (χ0) is 17.8. The van der Waals surface area contributed by atoms with Crippen LogP contribution in [0.5, 0.6) is 5.75 Å². The molecule has 0 saturated carbocycles. The maximum atomic E-state index is 11.0. The Kier molecular flexibility index (Phi) is 5.75. The number of ether oxygens (including phenoxy) is 2. The highest BCUT2D eigenvalue weighted by molar-refractivity contribution is 5.58. The van der Waals surface area contributed by atoms with Crippen molar-refractivity contribution in [2.24, 2.45) is 5.92 Å². The fourth-order valence-corrected chi connectivity index (χ4v) is 3.82. The molecular formula is C18H27N3O4. The Bertz CT molecular complexity index is 604. The summed E-state index contributed by atoms with van der Waals surface area (Å²) in [5.41, 5.74) is 0.861. The van der Waals surface area contributed by atoms with E-state index in [1.165, 1.54) is 26.0 Å². The van der Waals surface area contributed by atoms with Crippen molar-refractivity contribution < 1.29 is 14.4 Å². The monoisotopic (exact) mass is 349 g/mol. The summed E-state index contributed by atoms with van der Waals surface area (Å²) in [5.74, 6) is 0.787. The van der Waals surface area contributed by atoms with E-state index in [0.717, 1.165) is 38.3 Å². The van der Waals surface area contributed by atoms with Gasteiger partial charge in [-0.05, 0) is 31.2 Å². The zero-order valence-electron chi connectivity index (χ0n) is 14.9. The van der Waals surface area contributed by atoms with Crippen LogP contribution in [0.3, 0.4) is 0 Å². The molecule has 0 radical (unpaired) electrons. The maximum absolute atomic E-state index is 11.0. The first-order valence-corrected chi connectivity index (χ1v) is 8.99. The van der Waals surface area contributed by atoms with Gasteiger partial charge in [0.05, 0.1) is 18.1 Å². The summed E-state index contributed by atoms with van der Waals surface area (Å²) in [4.78, 5) is 13.1. The molecule has 7 nitrogen and oxygen atoms in total. The number of nitro benzene ring substituents is 1. The molecule has 2 aliphatic heterocycles. The molecule has 25 heavy (non-hydrogen) atoms. The topological polar surface area (TPSA) is 76.9 Å². The van der Waals surface area contributed by atoms with Crippen molar-refractivity contribution in [1.29, 1.82) is 0 Å². The molecule has 0 aliphatic carbocycles. The number of nitrogens with zero attached hydrogens (tertiary/aromatic N) is 2. The van der Waals surface area contributed by atoms with Gasteiger partial charge in [0.2, 0.25) is 0 Å². The average Bonchev–Trinajstić information content (AvgIpc) is 3.10. The second kappa shape index (κ2) is 8.01. The Morgan fingerprint density at radius 2 is 2.28 bits per heavy atom. The van der Waals surface area contributed by atoms with Gasteiger partial charge >= 0.3 is 5.69 Å². The number of nitro groups is 1. The summed E-state index contributed by atoms with van der Waals surface area (Å²) in [7, 11) is 1.46. The van der Waals surface area contributed by atoms with Gasteiger partial charge in [-0.3, -0.25) is 10.1 Å². The number of likely N-dealkylation sites (tertiary alicyclic amines) is 1. The zero-order valence-corrected chi connectivity index (χ0v) is 14.9. The lowest BCUT2D eigenvalue weighted by atomic mass is 9.93. The number of benzene rings is 1. The largest absolute Gasteiger partial charge is 0.490 e. The van der Waals surface area contributed by atoms with Gasteiger partial charge < -0.3 is 19.7 Å². The van der Waals surface area contributed by atoms with E-state index in [1.54, 1.807) is 12.1 Å². The minimum atomic E-state index is -0.422. The molecule has 0 aromatic heterocycles. The third-order valence-corrected chi connectivity index (χ3v) is 5.20. The highest BCUT2D eigenvalue weighted by Gasteiger charge is 2.28. The lowest BCUT2D eigenvalue weighted by Gasteiger charge is -2.38. The molecule has 0 bridgehead atoms. The molecule has 0 spiro atoms. The minimum Gasteiger partial charge on any atom is -0.490 e. The molecule has 2 heterocycles. The number of methoxy groups -OCH3 is 1. The third-order valence-electron chi connectivity index (χ3n) is 5.20. The number of nitrogens with one attached hydrogen (secondary N) is 1. The van der Waals surface area contributed by atoms with Gasteiger partial charge in [0.1, 0.15) is 0 Å². The van der Waals surface area contributed by atoms with E-state index in [-0.39, 0.29) is 5.69 Å². The Balaban J connectivity index is 1.57. The predicted octanol–water partition coefficient (Wildman–Crippen LogP) is 2.90. The standard InChI is InChI=1S/C18H27N3O4/c1-13-11-20(12-15-4-3-9-25-15)8-7-16(13)19-14-5-6-17(21(22)23)18(10-14)24-2/h5-6,10,13,15-16,19H,3-4,7-9,11-12H2,1-2H3/t13-,15+,16-/m1/s1. The molecule has 2 fully saturated rings. The summed E-state index contributed by atoms with van der Waals surface area (Å²) < 4.78 is 10.9. The van der Waals surface area contributed by atoms with Gasteiger partial charge in [0.15, 0.2) is 5.75 Å². The fourth-order valence-electron chi connectivity index (χ4n) is 3.82. The molecule has 1 N–H and O–H groups in total. The molecule has 2 saturated heterocycles. The molecule has 1 aromatic rings. The molecular weight excluding hydrogens is 322 g/mol. The van der Waals surface area contributed by atoms with Crippen LogP contribution >= 0.6 is 0 Å². The predicted molar refractivity (Wildman–Crippen MR) is 96.3 cm³/mol. The quantitative estimate of drug-likeness (QED) is 0.628. The van der Waals surface area contributed by atoms with Crippen LogP contribution in [-0.2, 0) is 4.74 Å². The van der Waals surface area contributed by atoms with Crippen molar-refractivity contribution in [2.45, 2.75) is 38.3 Å². The van der Waals surface area contributed by atoms with Crippen LogP contribution in [0.2, 0.25) is 0 Å². The summed E-state index contributed by atoms with van der Waals surface area (Å²) in [5, 5.41) is 14.5. The number of rotatable bonds is 6. The van der Waals surface area contributed by atoms with Crippen LogP contribution in [-0.4, -0.2) is 55.3 Å². The van der Waals surface area contributed by atoms with Crippen molar-refractivity contribution in [3.63, 3.8) is 0 Å².